The van der Waals surface area contributed by atoms with Crippen molar-refractivity contribution in [1.29, 1.82) is 0 Å². The topological polar surface area (TPSA) is 18.5 Å². The summed E-state index contributed by atoms with van der Waals surface area (Å²) >= 11 is 0. The van der Waals surface area contributed by atoms with E-state index in [2.05, 4.69) is 12.1 Å². The third-order valence-corrected chi connectivity index (χ3v) is 2.97. The van der Waals surface area contributed by atoms with Crippen LogP contribution in [0.15, 0.2) is 54.6 Å². The summed E-state index contributed by atoms with van der Waals surface area (Å²) in [6.07, 6.45) is 0. The maximum absolute atomic E-state index is 5.79. The number of rotatable bonds is 1. The molecule has 0 bridgehead atoms. The quantitative estimate of drug-likeness (QED) is 0.691. The average molecular weight is 224 g/mol. The molecular formula is C14H13BO2. The van der Waals surface area contributed by atoms with Gasteiger partial charge >= 0.3 is 7.12 Å². The lowest BCUT2D eigenvalue weighted by Gasteiger charge is -2.10. The van der Waals surface area contributed by atoms with E-state index in [0.717, 1.165) is 5.46 Å². The molecule has 17 heavy (non-hydrogen) atoms. The van der Waals surface area contributed by atoms with Crippen molar-refractivity contribution in [3.63, 3.8) is 0 Å². The van der Waals surface area contributed by atoms with Gasteiger partial charge in [-0.25, -0.2) is 0 Å². The first-order chi connectivity index (χ1) is 8.43. The summed E-state index contributed by atoms with van der Waals surface area (Å²) in [6.45, 7) is 1.21. The van der Waals surface area contributed by atoms with E-state index < -0.39 is 0 Å². The van der Waals surface area contributed by atoms with Crippen LogP contribution in [0.4, 0.5) is 0 Å². The zero-order valence-corrected chi connectivity index (χ0v) is 9.50. The van der Waals surface area contributed by atoms with E-state index >= 15 is 0 Å². The fourth-order valence-corrected chi connectivity index (χ4v) is 2.02. The molecule has 0 radical (unpaired) electrons. The molecule has 0 amide bonds. The molecule has 0 aromatic heterocycles. The Morgan fingerprint density at radius 2 is 1.24 bits per heavy atom. The standard InChI is InChI=1S/C14H13BO2/c1-2-8-14(9-3-1)15-16-10-12-6-4-5-7-13(12)11-17-15/h1-9H,10-11H2. The lowest BCUT2D eigenvalue weighted by atomic mass is 9.79. The van der Waals surface area contributed by atoms with Crippen molar-refractivity contribution in [3.05, 3.63) is 65.7 Å². The van der Waals surface area contributed by atoms with Gasteiger partial charge in [0, 0.05) is 0 Å². The van der Waals surface area contributed by atoms with Crippen molar-refractivity contribution < 1.29 is 9.31 Å². The molecule has 2 aromatic carbocycles. The van der Waals surface area contributed by atoms with Gasteiger partial charge in [-0.05, 0) is 16.6 Å². The van der Waals surface area contributed by atoms with Gasteiger partial charge < -0.3 is 9.31 Å². The molecule has 0 fully saturated rings. The van der Waals surface area contributed by atoms with Crippen LogP contribution in [0.25, 0.3) is 0 Å². The molecule has 1 heterocycles. The zero-order chi connectivity index (χ0) is 11.5. The van der Waals surface area contributed by atoms with Gasteiger partial charge in [-0.3, -0.25) is 0 Å². The molecule has 0 saturated heterocycles. The first kappa shape index (κ1) is 10.6. The number of hydrogen-bond acceptors (Lipinski definition) is 2. The number of hydrogen-bond donors (Lipinski definition) is 0. The first-order valence-corrected chi connectivity index (χ1v) is 5.78. The van der Waals surface area contributed by atoms with Crippen LogP contribution in [0.5, 0.6) is 0 Å². The van der Waals surface area contributed by atoms with Gasteiger partial charge in [0.15, 0.2) is 0 Å². The monoisotopic (exact) mass is 224 g/mol. The van der Waals surface area contributed by atoms with Gasteiger partial charge in [0.2, 0.25) is 0 Å². The van der Waals surface area contributed by atoms with Crippen LogP contribution in [0.2, 0.25) is 0 Å². The van der Waals surface area contributed by atoms with Crippen LogP contribution in [0.1, 0.15) is 11.1 Å². The molecule has 0 atom stereocenters. The molecule has 84 valence electrons. The van der Waals surface area contributed by atoms with Crippen molar-refractivity contribution in [2.45, 2.75) is 13.2 Å². The Bertz CT molecular complexity index is 472. The van der Waals surface area contributed by atoms with Gasteiger partial charge in [-0.1, -0.05) is 54.6 Å². The molecule has 1 aliphatic rings. The highest BCUT2D eigenvalue weighted by atomic mass is 16.6. The third-order valence-electron chi connectivity index (χ3n) is 2.97. The highest BCUT2D eigenvalue weighted by Gasteiger charge is 2.24. The summed E-state index contributed by atoms with van der Waals surface area (Å²) in [5.41, 5.74) is 3.50. The van der Waals surface area contributed by atoms with Crippen molar-refractivity contribution in [3.8, 4) is 0 Å². The molecule has 0 spiro atoms. The van der Waals surface area contributed by atoms with E-state index in [0.29, 0.717) is 13.2 Å². The molecule has 0 N–H and O–H groups in total. The second kappa shape index (κ2) is 4.74. The molecule has 0 saturated carbocycles. The van der Waals surface area contributed by atoms with Gasteiger partial charge in [0.25, 0.3) is 0 Å². The van der Waals surface area contributed by atoms with E-state index in [4.69, 9.17) is 9.31 Å². The normalized spacial score (nSPS) is 15.2. The van der Waals surface area contributed by atoms with E-state index in [-0.39, 0.29) is 7.12 Å². The summed E-state index contributed by atoms with van der Waals surface area (Å²) in [5, 5.41) is 0. The predicted molar refractivity (Wildman–Crippen MR) is 67.9 cm³/mol. The van der Waals surface area contributed by atoms with Crippen LogP contribution in [-0.2, 0) is 22.5 Å². The summed E-state index contributed by atoms with van der Waals surface area (Å²) in [7, 11) is -0.261. The highest BCUT2D eigenvalue weighted by Crippen LogP contribution is 2.16. The van der Waals surface area contributed by atoms with Crippen LogP contribution < -0.4 is 5.46 Å². The Balaban J connectivity index is 1.82. The van der Waals surface area contributed by atoms with Gasteiger partial charge in [-0.2, -0.15) is 0 Å². The predicted octanol–water partition coefficient (Wildman–Crippen LogP) is 2.13. The second-order valence-electron chi connectivity index (χ2n) is 4.13. The van der Waals surface area contributed by atoms with E-state index in [9.17, 15) is 0 Å². The first-order valence-electron chi connectivity index (χ1n) is 5.78. The molecule has 2 aromatic rings. The lowest BCUT2D eigenvalue weighted by molar-refractivity contribution is 0.210. The van der Waals surface area contributed by atoms with Gasteiger partial charge in [0.1, 0.15) is 0 Å². The summed E-state index contributed by atoms with van der Waals surface area (Å²) < 4.78 is 11.6. The summed E-state index contributed by atoms with van der Waals surface area (Å²) in [4.78, 5) is 0. The van der Waals surface area contributed by atoms with Crippen molar-refractivity contribution >= 4 is 12.6 Å². The molecule has 2 nitrogen and oxygen atoms in total. The van der Waals surface area contributed by atoms with Crippen LogP contribution in [-0.4, -0.2) is 7.12 Å². The summed E-state index contributed by atoms with van der Waals surface area (Å²) in [5.74, 6) is 0. The Morgan fingerprint density at radius 3 is 1.82 bits per heavy atom. The molecule has 3 rings (SSSR count). The van der Waals surface area contributed by atoms with E-state index in [1.807, 2.05) is 42.5 Å². The highest BCUT2D eigenvalue weighted by molar-refractivity contribution is 6.61. The van der Waals surface area contributed by atoms with E-state index in [1.165, 1.54) is 11.1 Å². The van der Waals surface area contributed by atoms with Gasteiger partial charge in [0.05, 0.1) is 13.2 Å². The third kappa shape index (κ3) is 2.26. The largest absolute Gasteiger partial charge is 0.494 e. The van der Waals surface area contributed by atoms with Crippen molar-refractivity contribution in [2.75, 3.05) is 0 Å². The number of benzene rings is 2. The molecule has 0 aliphatic carbocycles. The Morgan fingerprint density at radius 1 is 0.706 bits per heavy atom. The van der Waals surface area contributed by atoms with Crippen LogP contribution in [0, 0.1) is 0 Å². The minimum atomic E-state index is -0.261. The maximum atomic E-state index is 5.79. The Kier molecular flexibility index (Phi) is 2.95. The van der Waals surface area contributed by atoms with Crippen LogP contribution >= 0.6 is 0 Å². The smallest absolute Gasteiger partial charge is 0.403 e. The van der Waals surface area contributed by atoms with Crippen molar-refractivity contribution in [2.24, 2.45) is 0 Å². The SMILES string of the molecule is c1ccc(B2OCc3ccccc3CO2)cc1. The Labute approximate surface area is 101 Å². The van der Waals surface area contributed by atoms with Crippen molar-refractivity contribution in [1.82, 2.24) is 0 Å². The van der Waals surface area contributed by atoms with E-state index in [1.54, 1.807) is 0 Å². The van der Waals surface area contributed by atoms with Gasteiger partial charge in [-0.15, -0.1) is 0 Å². The molecular weight excluding hydrogens is 211 g/mol. The average Bonchev–Trinajstić information content (AvgIpc) is 2.62. The molecule has 1 aliphatic heterocycles. The number of fused-ring (bicyclic) bond motifs is 1. The fourth-order valence-electron chi connectivity index (χ4n) is 2.02. The summed E-state index contributed by atoms with van der Waals surface area (Å²) in [6, 6.07) is 18.3. The Hall–Kier alpha value is -1.58. The molecule has 3 heteroatoms. The molecule has 0 unspecified atom stereocenters. The maximum Gasteiger partial charge on any atom is 0.494 e. The second-order valence-corrected chi connectivity index (χ2v) is 4.13. The zero-order valence-electron chi connectivity index (χ0n) is 9.50. The van der Waals surface area contributed by atoms with Crippen LogP contribution in [0.3, 0.4) is 0 Å². The minimum Gasteiger partial charge on any atom is -0.403 e. The minimum absolute atomic E-state index is 0.261. The lowest BCUT2D eigenvalue weighted by Crippen LogP contribution is -2.35. The fraction of sp³-hybridized carbons (Fsp3) is 0.143.